The number of hydrogen-bond donors (Lipinski definition) is 1. The van der Waals surface area contributed by atoms with Crippen LogP contribution < -0.4 is 0 Å². The van der Waals surface area contributed by atoms with E-state index in [2.05, 4.69) is 4.98 Å². The molecule has 0 bridgehead atoms. The predicted molar refractivity (Wildman–Crippen MR) is 65.3 cm³/mol. The van der Waals surface area contributed by atoms with Crippen LogP contribution in [0.5, 0.6) is 5.75 Å². The topological polar surface area (TPSA) is 53.4 Å². The third-order valence-corrected chi connectivity index (χ3v) is 3.45. The van der Waals surface area contributed by atoms with Crippen LogP contribution >= 0.6 is 11.6 Å². The van der Waals surface area contributed by atoms with Gasteiger partial charge in [0, 0.05) is 24.7 Å². The number of aromatic nitrogens is 1. The number of pyridine rings is 1. The average Bonchev–Trinajstić information content (AvgIpc) is 2.38. The van der Waals surface area contributed by atoms with E-state index in [4.69, 9.17) is 11.6 Å². The maximum Gasteiger partial charge on any atom is 0.258 e. The Morgan fingerprint density at radius 2 is 2.41 bits per heavy atom. The number of likely N-dealkylation sites (tertiary alicyclic amines) is 1. The van der Waals surface area contributed by atoms with E-state index in [1.807, 2.05) is 0 Å². The van der Waals surface area contributed by atoms with Gasteiger partial charge in [0.1, 0.15) is 5.75 Å². The summed E-state index contributed by atoms with van der Waals surface area (Å²) in [6.07, 6.45) is 5.81. The lowest BCUT2D eigenvalue weighted by Gasteiger charge is -2.34. The number of rotatable bonds is 2. The number of piperidine rings is 1. The minimum atomic E-state index is -0.157. The zero-order valence-corrected chi connectivity index (χ0v) is 10.2. The molecule has 0 spiro atoms. The molecule has 1 aliphatic rings. The maximum atomic E-state index is 12.3. The fourth-order valence-electron chi connectivity index (χ4n) is 2.15. The van der Waals surface area contributed by atoms with Gasteiger partial charge in [-0.05, 0) is 25.3 Å². The SMILES string of the molecule is O=C(c1ccncc1O)N1CCCCC1CCl. The number of halogens is 1. The van der Waals surface area contributed by atoms with Gasteiger partial charge in [-0.2, -0.15) is 0 Å². The molecule has 1 amide bonds. The number of hydrogen-bond acceptors (Lipinski definition) is 3. The van der Waals surface area contributed by atoms with E-state index >= 15 is 0 Å². The summed E-state index contributed by atoms with van der Waals surface area (Å²) in [6, 6.07) is 1.61. The quantitative estimate of drug-likeness (QED) is 0.822. The van der Waals surface area contributed by atoms with E-state index in [-0.39, 0.29) is 17.7 Å². The zero-order chi connectivity index (χ0) is 12.3. The van der Waals surface area contributed by atoms with Crippen LogP contribution in [0, 0.1) is 0 Å². The van der Waals surface area contributed by atoms with Gasteiger partial charge in [0.15, 0.2) is 0 Å². The number of amides is 1. The van der Waals surface area contributed by atoms with Gasteiger partial charge in [-0.1, -0.05) is 0 Å². The first-order valence-corrected chi connectivity index (χ1v) is 6.27. The minimum Gasteiger partial charge on any atom is -0.505 e. The summed E-state index contributed by atoms with van der Waals surface area (Å²) in [6.45, 7) is 0.706. The van der Waals surface area contributed by atoms with E-state index in [0.29, 0.717) is 18.0 Å². The van der Waals surface area contributed by atoms with Crippen molar-refractivity contribution in [1.82, 2.24) is 9.88 Å². The second kappa shape index (κ2) is 5.36. The minimum absolute atomic E-state index is 0.0728. The molecular weight excluding hydrogens is 240 g/mol. The van der Waals surface area contributed by atoms with E-state index in [0.717, 1.165) is 19.3 Å². The van der Waals surface area contributed by atoms with Crippen molar-refractivity contribution in [3.63, 3.8) is 0 Å². The number of carbonyl (C=O) groups excluding carboxylic acids is 1. The lowest BCUT2D eigenvalue weighted by Crippen LogP contribution is -2.44. The third kappa shape index (κ3) is 2.52. The molecule has 0 aliphatic carbocycles. The Bertz CT molecular complexity index is 411. The fraction of sp³-hybridized carbons (Fsp3) is 0.500. The molecule has 1 aromatic rings. The Hall–Kier alpha value is -1.29. The first-order chi connectivity index (χ1) is 8.24. The van der Waals surface area contributed by atoms with Crippen molar-refractivity contribution in [2.24, 2.45) is 0 Å². The number of carbonyl (C=O) groups is 1. The standard InChI is InChI=1S/C12H15ClN2O2/c13-7-9-3-1-2-6-15(9)12(17)10-4-5-14-8-11(10)16/h4-5,8-9,16H,1-3,6-7H2. The van der Waals surface area contributed by atoms with Crippen molar-refractivity contribution in [2.45, 2.75) is 25.3 Å². The summed E-state index contributed by atoms with van der Waals surface area (Å²) in [4.78, 5) is 17.8. The van der Waals surface area contributed by atoms with Crippen LogP contribution in [0.2, 0.25) is 0 Å². The molecule has 5 heteroatoms. The lowest BCUT2D eigenvalue weighted by molar-refractivity contribution is 0.0636. The van der Waals surface area contributed by atoms with E-state index in [1.54, 1.807) is 4.90 Å². The molecule has 2 rings (SSSR count). The predicted octanol–water partition coefficient (Wildman–Crippen LogP) is 2.02. The van der Waals surface area contributed by atoms with Crippen molar-refractivity contribution in [2.75, 3.05) is 12.4 Å². The molecule has 2 heterocycles. The van der Waals surface area contributed by atoms with Gasteiger partial charge in [0.2, 0.25) is 0 Å². The highest BCUT2D eigenvalue weighted by atomic mass is 35.5. The molecule has 1 fully saturated rings. The molecule has 0 aromatic carbocycles. The highest BCUT2D eigenvalue weighted by Crippen LogP contribution is 2.23. The van der Waals surface area contributed by atoms with Gasteiger partial charge in [-0.15, -0.1) is 11.6 Å². The molecule has 1 N–H and O–H groups in total. The summed E-state index contributed by atoms with van der Waals surface area (Å²) in [5.74, 6) is 0.212. The summed E-state index contributed by atoms with van der Waals surface area (Å²) in [7, 11) is 0. The molecule has 1 unspecified atom stereocenters. The van der Waals surface area contributed by atoms with E-state index < -0.39 is 0 Å². The molecule has 17 heavy (non-hydrogen) atoms. The Morgan fingerprint density at radius 3 is 3.12 bits per heavy atom. The van der Waals surface area contributed by atoms with Crippen LogP contribution in [0.25, 0.3) is 0 Å². The van der Waals surface area contributed by atoms with Crippen LogP contribution in [-0.2, 0) is 0 Å². The molecule has 0 radical (unpaired) electrons. The number of aromatic hydroxyl groups is 1. The molecule has 1 aliphatic heterocycles. The molecule has 1 atom stereocenters. The van der Waals surface area contributed by atoms with Crippen LogP contribution in [0.4, 0.5) is 0 Å². The van der Waals surface area contributed by atoms with Crippen LogP contribution in [0.15, 0.2) is 18.5 Å². The number of nitrogens with zero attached hydrogens (tertiary/aromatic N) is 2. The lowest BCUT2D eigenvalue weighted by atomic mass is 10.0. The van der Waals surface area contributed by atoms with Crippen molar-refractivity contribution >= 4 is 17.5 Å². The molecular formula is C12H15ClN2O2. The Morgan fingerprint density at radius 1 is 1.59 bits per heavy atom. The molecule has 0 saturated carbocycles. The zero-order valence-electron chi connectivity index (χ0n) is 9.47. The monoisotopic (exact) mass is 254 g/mol. The first-order valence-electron chi connectivity index (χ1n) is 5.74. The average molecular weight is 255 g/mol. The van der Waals surface area contributed by atoms with Crippen molar-refractivity contribution in [1.29, 1.82) is 0 Å². The molecule has 92 valence electrons. The van der Waals surface area contributed by atoms with Crippen LogP contribution in [0.3, 0.4) is 0 Å². The van der Waals surface area contributed by atoms with Crippen molar-refractivity contribution in [3.8, 4) is 5.75 Å². The van der Waals surface area contributed by atoms with Crippen LogP contribution in [0.1, 0.15) is 29.6 Å². The van der Waals surface area contributed by atoms with Gasteiger partial charge in [0.25, 0.3) is 5.91 Å². The van der Waals surface area contributed by atoms with E-state index in [1.165, 1.54) is 18.5 Å². The van der Waals surface area contributed by atoms with Crippen LogP contribution in [-0.4, -0.2) is 39.4 Å². The van der Waals surface area contributed by atoms with Crippen molar-refractivity contribution in [3.05, 3.63) is 24.0 Å². The Balaban J connectivity index is 2.21. The molecule has 1 saturated heterocycles. The third-order valence-electron chi connectivity index (χ3n) is 3.10. The van der Waals surface area contributed by atoms with Gasteiger partial charge < -0.3 is 10.0 Å². The van der Waals surface area contributed by atoms with Gasteiger partial charge in [-0.3, -0.25) is 9.78 Å². The number of alkyl halides is 1. The second-order valence-electron chi connectivity index (χ2n) is 4.20. The summed E-state index contributed by atoms with van der Waals surface area (Å²) >= 11 is 5.88. The van der Waals surface area contributed by atoms with Gasteiger partial charge in [0.05, 0.1) is 11.8 Å². The first kappa shape index (κ1) is 12.2. The normalized spacial score (nSPS) is 20.3. The molecule has 1 aromatic heterocycles. The highest BCUT2D eigenvalue weighted by molar-refractivity contribution is 6.18. The van der Waals surface area contributed by atoms with E-state index in [9.17, 15) is 9.90 Å². The summed E-state index contributed by atoms with van der Waals surface area (Å²) < 4.78 is 0. The maximum absolute atomic E-state index is 12.3. The summed E-state index contributed by atoms with van der Waals surface area (Å²) in [5.41, 5.74) is 0.303. The van der Waals surface area contributed by atoms with Crippen molar-refractivity contribution < 1.29 is 9.90 Å². The highest BCUT2D eigenvalue weighted by Gasteiger charge is 2.28. The largest absolute Gasteiger partial charge is 0.505 e. The Labute approximate surface area is 105 Å². The van der Waals surface area contributed by atoms with Gasteiger partial charge >= 0.3 is 0 Å². The molecule has 4 nitrogen and oxygen atoms in total. The smallest absolute Gasteiger partial charge is 0.258 e. The fourth-order valence-corrected chi connectivity index (χ4v) is 2.47. The second-order valence-corrected chi connectivity index (χ2v) is 4.50. The summed E-state index contributed by atoms with van der Waals surface area (Å²) in [5, 5.41) is 9.63. The van der Waals surface area contributed by atoms with Gasteiger partial charge in [-0.25, -0.2) is 0 Å². The Kier molecular flexibility index (Phi) is 3.84.